The summed E-state index contributed by atoms with van der Waals surface area (Å²) in [5.74, 6) is -1.58. The average Bonchev–Trinajstić information content (AvgIpc) is 3.81. The number of anilines is 1. The highest BCUT2D eigenvalue weighted by Gasteiger charge is 2.45. The molecule has 0 spiro atoms. The second kappa shape index (κ2) is 16.5. The van der Waals surface area contributed by atoms with Gasteiger partial charge in [-0.1, -0.05) is 56.5 Å². The largest absolute Gasteiger partial charge is 0.431 e. The summed E-state index contributed by atoms with van der Waals surface area (Å²) in [4.78, 5) is 28.7. The number of aliphatic hydroxyl groups is 2. The van der Waals surface area contributed by atoms with E-state index in [0.717, 1.165) is 25.7 Å². The summed E-state index contributed by atoms with van der Waals surface area (Å²) >= 11 is 6.44. The number of fused-ring (bicyclic) bond motifs is 1. The SMILES string of the molecule is CC(C)C(=O)OCOC(=O)[C@H](C)N[P@](=O)(COC[C@H]1O[C@@H](n2ccc3c(NC4CCCC4)c(C#N)c(Cl)nc32)[C@H](O)[C@@H]1O)Oc1ccccc1. The molecule has 3 heterocycles. The fourth-order valence-electron chi connectivity index (χ4n) is 5.78. The number of aliphatic hydroxyl groups excluding tert-OH is 2. The van der Waals surface area contributed by atoms with E-state index < -0.39 is 69.1 Å². The Labute approximate surface area is 294 Å². The first-order valence-electron chi connectivity index (χ1n) is 16.3. The molecular weight excluding hydrogens is 693 g/mol. The molecule has 50 heavy (non-hydrogen) atoms. The van der Waals surface area contributed by atoms with Crippen molar-refractivity contribution in [3.05, 3.63) is 53.3 Å². The number of carbonyl (C=O) groups excluding carboxylic acids is 2. The van der Waals surface area contributed by atoms with Gasteiger partial charge < -0.3 is 43.6 Å². The van der Waals surface area contributed by atoms with Gasteiger partial charge in [0.25, 0.3) is 0 Å². The molecule has 17 heteroatoms. The lowest BCUT2D eigenvalue weighted by atomic mass is 10.1. The van der Waals surface area contributed by atoms with Gasteiger partial charge >= 0.3 is 19.5 Å². The van der Waals surface area contributed by atoms with Crippen LogP contribution in [-0.4, -0.2) is 81.8 Å². The number of hydrogen-bond acceptors (Lipinski definition) is 13. The zero-order valence-electron chi connectivity index (χ0n) is 27.9. The third-order valence-electron chi connectivity index (χ3n) is 8.40. The maximum absolute atomic E-state index is 14.0. The van der Waals surface area contributed by atoms with Crippen LogP contribution in [0.3, 0.4) is 0 Å². The summed E-state index contributed by atoms with van der Waals surface area (Å²) in [6.07, 6.45) is 0.167. The third-order valence-corrected chi connectivity index (χ3v) is 10.5. The molecule has 1 aliphatic carbocycles. The summed E-state index contributed by atoms with van der Waals surface area (Å²) in [5, 5.41) is 38.5. The van der Waals surface area contributed by atoms with Crippen molar-refractivity contribution in [3.63, 3.8) is 0 Å². The molecule has 1 aliphatic heterocycles. The number of nitriles is 1. The molecule has 0 bridgehead atoms. The maximum Gasteiger partial charge on any atom is 0.342 e. The molecule has 0 radical (unpaired) electrons. The molecule has 2 aromatic heterocycles. The highest BCUT2D eigenvalue weighted by atomic mass is 35.5. The number of esters is 2. The standard InChI is InChI=1S/C33H41ClN5O10P/c1-19(2)32(42)46-17-47-33(43)20(3)38-50(44,49-22-11-5-4-6-12-22)18-45-16-25-27(40)28(41)31(48-25)39-14-13-23-26(36-21-9-7-8-10-21)24(15-35)29(34)37-30(23)39/h4-6,11-14,19-21,25,27-28,31,40-41H,7-10,16-18H2,1-3H3,(H,36,37)(H,38,44)/t20-,25+,27+,28+,31+,50-/m0/s1. The van der Waals surface area contributed by atoms with E-state index >= 15 is 0 Å². The lowest BCUT2D eigenvalue weighted by molar-refractivity contribution is -0.170. The zero-order chi connectivity index (χ0) is 36.0. The Hall–Kier alpha value is -3.74. The van der Waals surface area contributed by atoms with Gasteiger partial charge in [0, 0.05) is 17.6 Å². The van der Waals surface area contributed by atoms with Gasteiger partial charge in [-0.15, -0.1) is 0 Å². The first-order valence-corrected chi connectivity index (χ1v) is 18.5. The Balaban J connectivity index is 1.26. The molecule has 2 aliphatic rings. The molecular formula is C33H41ClN5O10P. The number of carbonyl (C=O) groups is 2. The lowest BCUT2D eigenvalue weighted by Crippen LogP contribution is -2.37. The van der Waals surface area contributed by atoms with Crippen LogP contribution < -0.4 is 14.9 Å². The molecule has 0 unspecified atom stereocenters. The van der Waals surface area contributed by atoms with E-state index in [2.05, 4.69) is 21.5 Å². The number of pyridine rings is 1. The molecule has 4 N–H and O–H groups in total. The third kappa shape index (κ3) is 8.76. The normalized spacial score (nSPS) is 22.6. The highest BCUT2D eigenvalue weighted by molar-refractivity contribution is 7.57. The Bertz CT molecular complexity index is 1750. The Morgan fingerprint density at radius 2 is 1.82 bits per heavy atom. The molecule has 1 saturated heterocycles. The van der Waals surface area contributed by atoms with Crippen LogP contribution in [0.4, 0.5) is 5.69 Å². The van der Waals surface area contributed by atoms with Crippen LogP contribution in [0.5, 0.6) is 5.75 Å². The minimum Gasteiger partial charge on any atom is -0.431 e. The fraction of sp³-hybridized carbons (Fsp3) is 0.515. The number of nitrogens with one attached hydrogen (secondary N) is 2. The lowest BCUT2D eigenvalue weighted by Gasteiger charge is -2.24. The Morgan fingerprint density at radius 3 is 2.50 bits per heavy atom. The Kier molecular flexibility index (Phi) is 12.4. The van der Waals surface area contributed by atoms with Crippen molar-refractivity contribution >= 4 is 47.8 Å². The van der Waals surface area contributed by atoms with Gasteiger partial charge in [0.05, 0.1) is 18.2 Å². The van der Waals surface area contributed by atoms with E-state index in [1.807, 2.05) is 0 Å². The minimum atomic E-state index is -3.98. The summed E-state index contributed by atoms with van der Waals surface area (Å²) in [6, 6.07) is 11.1. The fourth-order valence-corrected chi connectivity index (χ4v) is 7.68. The summed E-state index contributed by atoms with van der Waals surface area (Å²) in [6.45, 7) is 3.74. The average molecular weight is 734 g/mol. The minimum absolute atomic E-state index is 0.00952. The predicted octanol–water partition coefficient (Wildman–Crippen LogP) is 4.46. The zero-order valence-corrected chi connectivity index (χ0v) is 29.5. The van der Waals surface area contributed by atoms with Crippen LogP contribution >= 0.6 is 19.1 Å². The predicted molar refractivity (Wildman–Crippen MR) is 181 cm³/mol. The number of para-hydroxylation sites is 1. The van der Waals surface area contributed by atoms with E-state index in [0.29, 0.717) is 16.7 Å². The van der Waals surface area contributed by atoms with Gasteiger partial charge in [0.1, 0.15) is 53.7 Å². The summed E-state index contributed by atoms with van der Waals surface area (Å²) in [7, 11) is -3.98. The number of hydrogen-bond donors (Lipinski definition) is 4. The van der Waals surface area contributed by atoms with Crippen LogP contribution in [0.15, 0.2) is 42.6 Å². The van der Waals surface area contributed by atoms with Crippen molar-refractivity contribution in [1.82, 2.24) is 14.6 Å². The molecule has 6 atom stereocenters. The van der Waals surface area contributed by atoms with Crippen LogP contribution in [-0.2, 0) is 33.1 Å². The number of halogens is 1. The van der Waals surface area contributed by atoms with E-state index in [9.17, 15) is 29.6 Å². The molecule has 1 aromatic carbocycles. The molecule has 3 aromatic rings. The first kappa shape index (κ1) is 37.5. The van der Waals surface area contributed by atoms with Gasteiger partial charge in [-0.25, -0.2) is 10.1 Å². The summed E-state index contributed by atoms with van der Waals surface area (Å²) < 4.78 is 42.9. The second-order valence-corrected chi connectivity index (χ2v) is 14.9. The van der Waals surface area contributed by atoms with Crippen molar-refractivity contribution in [2.24, 2.45) is 5.92 Å². The molecule has 15 nitrogen and oxygen atoms in total. The number of rotatable bonds is 15. The first-order chi connectivity index (χ1) is 23.9. The molecule has 1 saturated carbocycles. The molecule has 0 amide bonds. The second-order valence-electron chi connectivity index (χ2n) is 12.5. The monoisotopic (exact) mass is 733 g/mol. The Morgan fingerprint density at radius 1 is 1.12 bits per heavy atom. The van der Waals surface area contributed by atoms with Crippen molar-refractivity contribution < 1.29 is 47.8 Å². The molecule has 5 rings (SSSR count). The topological polar surface area (TPSA) is 203 Å². The van der Waals surface area contributed by atoms with E-state index in [1.54, 1.807) is 56.4 Å². The van der Waals surface area contributed by atoms with Gasteiger partial charge in [-0.2, -0.15) is 5.26 Å². The van der Waals surface area contributed by atoms with Crippen molar-refractivity contribution in [3.8, 4) is 11.8 Å². The van der Waals surface area contributed by atoms with Gasteiger partial charge in [-0.05, 0) is 38.0 Å². The quantitative estimate of drug-likeness (QED) is 0.0738. The van der Waals surface area contributed by atoms with E-state index in [1.165, 1.54) is 11.5 Å². The molecule has 2 fully saturated rings. The molecule has 270 valence electrons. The van der Waals surface area contributed by atoms with Gasteiger partial charge in [-0.3, -0.25) is 14.2 Å². The van der Waals surface area contributed by atoms with Crippen LogP contribution in [0, 0.1) is 17.2 Å². The number of ether oxygens (including phenoxy) is 4. The summed E-state index contributed by atoms with van der Waals surface area (Å²) in [5.41, 5.74) is 1.12. The maximum atomic E-state index is 14.0. The van der Waals surface area contributed by atoms with Crippen LogP contribution in [0.1, 0.15) is 58.2 Å². The van der Waals surface area contributed by atoms with Crippen molar-refractivity contribution in [1.29, 1.82) is 5.26 Å². The number of aromatic nitrogens is 2. The number of benzene rings is 1. The smallest absolute Gasteiger partial charge is 0.342 e. The van der Waals surface area contributed by atoms with Crippen molar-refractivity contribution in [2.75, 3.05) is 25.1 Å². The highest BCUT2D eigenvalue weighted by Crippen LogP contribution is 2.44. The van der Waals surface area contributed by atoms with E-state index in [4.69, 9.17) is 35.1 Å². The van der Waals surface area contributed by atoms with Crippen LogP contribution in [0.2, 0.25) is 5.15 Å². The van der Waals surface area contributed by atoms with Gasteiger partial charge in [0.15, 0.2) is 11.4 Å². The van der Waals surface area contributed by atoms with Crippen LogP contribution in [0.25, 0.3) is 11.0 Å². The van der Waals surface area contributed by atoms with E-state index in [-0.39, 0.29) is 29.1 Å². The van der Waals surface area contributed by atoms with Crippen molar-refractivity contribution in [2.45, 2.75) is 83.1 Å². The van der Waals surface area contributed by atoms with Gasteiger partial charge in [0.2, 0.25) is 6.79 Å². The number of nitrogens with zero attached hydrogens (tertiary/aromatic N) is 3.